The van der Waals surface area contributed by atoms with Crippen LogP contribution in [0.4, 0.5) is 5.95 Å². The number of hydrogen-bond acceptors (Lipinski definition) is 4. The Hall–Kier alpha value is -2.63. The molecule has 1 heterocycles. The highest BCUT2D eigenvalue weighted by atomic mass is 35.5. The van der Waals surface area contributed by atoms with Gasteiger partial charge in [0.15, 0.2) is 0 Å². The van der Waals surface area contributed by atoms with Crippen molar-refractivity contribution in [2.75, 3.05) is 18.4 Å². The van der Waals surface area contributed by atoms with Gasteiger partial charge in [-0.3, -0.25) is 4.79 Å². The molecule has 7 heteroatoms. The number of rotatable bonds is 9. The lowest BCUT2D eigenvalue weighted by atomic mass is 10.0. The molecule has 0 spiro atoms. The van der Waals surface area contributed by atoms with Crippen LogP contribution in [0, 0.1) is 0 Å². The third-order valence-electron chi connectivity index (χ3n) is 4.53. The lowest BCUT2D eigenvalue weighted by molar-refractivity contribution is 0.0954. The largest absolute Gasteiger partial charge is 0.354 e. The molecule has 0 saturated carbocycles. The molecule has 1 aromatic heterocycles. The van der Waals surface area contributed by atoms with E-state index >= 15 is 0 Å². The lowest BCUT2D eigenvalue weighted by Gasteiger charge is -2.10. The average Bonchev–Trinajstić information content (AvgIpc) is 2.74. The molecule has 3 rings (SSSR count). The molecule has 156 valence electrons. The number of amides is 1. The maximum Gasteiger partial charge on any atom is 0.254 e. The molecule has 2 aromatic carbocycles. The van der Waals surface area contributed by atoms with Crippen LogP contribution >= 0.6 is 23.2 Å². The molecule has 3 aromatic rings. The van der Waals surface area contributed by atoms with Gasteiger partial charge in [0.1, 0.15) is 0 Å². The second kappa shape index (κ2) is 11.0. The van der Waals surface area contributed by atoms with Gasteiger partial charge in [0.2, 0.25) is 5.95 Å². The van der Waals surface area contributed by atoms with Gasteiger partial charge in [-0.1, -0.05) is 60.8 Å². The van der Waals surface area contributed by atoms with Crippen LogP contribution in [0.15, 0.2) is 54.7 Å². The van der Waals surface area contributed by atoms with Crippen molar-refractivity contribution < 1.29 is 4.79 Å². The first-order chi connectivity index (χ1) is 14.6. The Morgan fingerprint density at radius 3 is 2.57 bits per heavy atom. The van der Waals surface area contributed by atoms with E-state index in [9.17, 15) is 4.79 Å². The number of aryl methyl sites for hydroxylation is 1. The fourth-order valence-electron chi connectivity index (χ4n) is 3.07. The molecule has 30 heavy (non-hydrogen) atoms. The normalized spacial score (nSPS) is 10.6. The number of halogens is 2. The molecule has 0 unspecified atom stereocenters. The Balaban J connectivity index is 1.50. The monoisotopic (exact) mass is 442 g/mol. The smallest absolute Gasteiger partial charge is 0.254 e. The van der Waals surface area contributed by atoms with Gasteiger partial charge in [0.25, 0.3) is 5.91 Å². The number of carbonyl (C=O) groups excluding carboxylic acids is 1. The quantitative estimate of drug-likeness (QED) is 0.421. The van der Waals surface area contributed by atoms with Gasteiger partial charge in [-0.15, -0.1) is 0 Å². The first kappa shape index (κ1) is 22.1. The van der Waals surface area contributed by atoms with Crippen LogP contribution in [0.2, 0.25) is 10.0 Å². The molecular formula is C23H24Cl2N4O. The number of nitrogens with zero attached hydrogens (tertiary/aromatic N) is 2. The number of hydrogen-bond donors (Lipinski definition) is 2. The second-order valence-electron chi connectivity index (χ2n) is 6.85. The van der Waals surface area contributed by atoms with Crippen LogP contribution in [-0.2, 0) is 6.42 Å². The Labute approximate surface area is 186 Å². The van der Waals surface area contributed by atoms with E-state index < -0.39 is 0 Å². The fraction of sp³-hybridized carbons (Fsp3) is 0.261. The summed E-state index contributed by atoms with van der Waals surface area (Å²) in [5.74, 6) is 0.282. The second-order valence-corrected chi connectivity index (χ2v) is 7.66. The van der Waals surface area contributed by atoms with Crippen LogP contribution in [0.5, 0.6) is 0 Å². The zero-order chi connectivity index (χ0) is 21.3. The number of nitrogens with one attached hydrogen (secondary N) is 2. The minimum Gasteiger partial charge on any atom is -0.354 e. The minimum absolute atomic E-state index is 0.282. The molecular weight excluding hydrogens is 419 g/mol. The third kappa shape index (κ3) is 5.94. The number of aromatic nitrogens is 2. The molecule has 0 aliphatic heterocycles. The SMILES string of the molecule is CCCc1cccc(-c2ccnc(NCCCNC(=O)c3c(Cl)cccc3Cl)n2)c1. The number of anilines is 1. The van der Waals surface area contributed by atoms with Gasteiger partial charge in [0.05, 0.1) is 21.3 Å². The predicted molar refractivity (Wildman–Crippen MR) is 123 cm³/mol. The molecule has 0 aliphatic carbocycles. The van der Waals surface area contributed by atoms with E-state index in [0.29, 0.717) is 41.1 Å². The van der Waals surface area contributed by atoms with Crippen molar-refractivity contribution in [3.63, 3.8) is 0 Å². The summed E-state index contributed by atoms with van der Waals surface area (Å²) in [6.07, 6.45) is 4.61. The lowest BCUT2D eigenvalue weighted by Crippen LogP contribution is -2.26. The van der Waals surface area contributed by atoms with Gasteiger partial charge >= 0.3 is 0 Å². The highest BCUT2D eigenvalue weighted by Crippen LogP contribution is 2.24. The van der Waals surface area contributed by atoms with E-state index in [-0.39, 0.29) is 5.91 Å². The van der Waals surface area contributed by atoms with Gasteiger partial charge in [0, 0.05) is 24.8 Å². The zero-order valence-electron chi connectivity index (χ0n) is 16.8. The fourth-order valence-corrected chi connectivity index (χ4v) is 3.64. The highest BCUT2D eigenvalue weighted by Gasteiger charge is 2.13. The first-order valence-electron chi connectivity index (χ1n) is 9.97. The van der Waals surface area contributed by atoms with Crippen LogP contribution in [0.1, 0.15) is 35.7 Å². The predicted octanol–water partition coefficient (Wildman–Crippen LogP) is 5.63. The topological polar surface area (TPSA) is 66.9 Å². The van der Waals surface area contributed by atoms with Gasteiger partial charge in [-0.05, 0) is 42.7 Å². The standard InChI is InChI=1S/C23H24Cl2N4O/c1-2-6-16-7-3-8-17(15-16)20-11-14-28-23(29-20)27-13-5-12-26-22(30)21-18(24)9-4-10-19(21)25/h3-4,7-11,14-15H,2,5-6,12-13H2,1H3,(H,26,30)(H,27,28,29). The Morgan fingerprint density at radius 2 is 1.80 bits per heavy atom. The maximum atomic E-state index is 12.3. The van der Waals surface area contributed by atoms with E-state index in [4.69, 9.17) is 23.2 Å². The van der Waals surface area contributed by atoms with E-state index in [2.05, 4.69) is 51.8 Å². The zero-order valence-corrected chi connectivity index (χ0v) is 18.3. The number of carbonyl (C=O) groups is 1. The van der Waals surface area contributed by atoms with E-state index in [1.807, 2.05) is 6.07 Å². The molecule has 2 N–H and O–H groups in total. The van der Waals surface area contributed by atoms with E-state index in [0.717, 1.165) is 24.1 Å². The van der Waals surface area contributed by atoms with Crippen molar-refractivity contribution in [1.82, 2.24) is 15.3 Å². The molecule has 0 atom stereocenters. The number of benzene rings is 2. The molecule has 0 radical (unpaired) electrons. The minimum atomic E-state index is -0.282. The molecule has 0 fully saturated rings. The van der Waals surface area contributed by atoms with Gasteiger partial charge in [-0.25, -0.2) is 9.97 Å². The van der Waals surface area contributed by atoms with Gasteiger partial charge in [-0.2, -0.15) is 0 Å². The summed E-state index contributed by atoms with van der Waals surface area (Å²) in [5.41, 5.74) is 3.56. The average molecular weight is 443 g/mol. The Morgan fingerprint density at radius 1 is 1.03 bits per heavy atom. The first-order valence-corrected chi connectivity index (χ1v) is 10.7. The summed E-state index contributed by atoms with van der Waals surface area (Å²) in [6, 6.07) is 15.3. The maximum absolute atomic E-state index is 12.3. The van der Waals surface area contributed by atoms with Crippen LogP contribution in [0.25, 0.3) is 11.3 Å². The molecule has 1 amide bonds. The van der Waals surface area contributed by atoms with Crippen molar-refractivity contribution in [3.8, 4) is 11.3 Å². The van der Waals surface area contributed by atoms with Crippen LogP contribution in [-0.4, -0.2) is 29.0 Å². The molecule has 0 saturated heterocycles. The highest BCUT2D eigenvalue weighted by molar-refractivity contribution is 6.39. The summed E-state index contributed by atoms with van der Waals surface area (Å²) >= 11 is 12.1. The van der Waals surface area contributed by atoms with Crippen LogP contribution < -0.4 is 10.6 Å². The molecule has 0 bridgehead atoms. The van der Waals surface area contributed by atoms with Crippen molar-refractivity contribution in [2.24, 2.45) is 0 Å². The molecule has 0 aliphatic rings. The summed E-state index contributed by atoms with van der Waals surface area (Å²) in [6.45, 7) is 3.27. The van der Waals surface area contributed by atoms with Gasteiger partial charge < -0.3 is 10.6 Å². The van der Waals surface area contributed by atoms with E-state index in [1.54, 1.807) is 24.4 Å². The molecule has 5 nitrogen and oxygen atoms in total. The van der Waals surface area contributed by atoms with E-state index in [1.165, 1.54) is 5.56 Å². The van der Waals surface area contributed by atoms with Crippen LogP contribution in [0.3, 0.4) is 0 Å². The van der Waals surface area contributed by atoms with Crippen molar-refractivity contribution in [3.05, 3.63) is 75.9 Å². The summed E-state index contributed by atoms with van der Waals surface area (Å²) in [4.78, 5) is 21.2. The van der Waals surface area contributed by atoms with Crippen molar-refractivity contribution >= 4 is 35.1 Å². The summed E-state index contributed by atoms with van der Waals surface area (Å²) in [5, 5.41) is 6.72. The Bertz CT molecular complexity index is 990. The van der Waals surface area contributed by atoms with Crippen molar-refractivity contribution in [2.45, 2.75) is 26.2 Å². The Kier molecular flexibility index (Phi) is 8.05. The van der Waals surface area contributed by atoms with Crippen molar-refractivity contribution in [1.29, 1.82) is 0 Å². The summed E-state index contributed by atoms with van der Waals surface area (Å²) in [7, 11) is 0. The third-order valence-corrected chi connectivity index (χ3v) is 5.16. The summed E-state index contributed by atoms with van der Waals surface area (Å²) < 4.78 is 0.